The Morgan fingerprint density at radius 2 is 1.83 bits per heavy atom. The Bertz CT molecular complexity index is 335. The molecule has 1 unspecified atom stereocenters. The van der Waals surface area contributed by atoms with Crippen molar-refractivity contribution >= 4 is 0 Å². The van der Waals surface area contributed by atoms with Crippen LogP contribution in [0.5, 0.6) is 0 Å². The zero-order chi connectivity index (χ0) is 12.8. The predicted molar refractivity (Wildman–Crippen MR) is 78.9 cm³/mol. The highest BCUT2D eigenvalue weighted by molar-refractivity contribution is 5.21. The minimum absolute atomic E-state index is 0.806. The summed E-state index contributed by atoms with van der Waals surface area (Å²) in [4.78, 5) is 0. The molecule has 1 heteroatoms. The van der Waals surface area contributed by atoms with Crippen molar-refractivity contribution in [2.75, 3.05) is 13.6 Å². The first-order chi connectivity index (χ1) is 8.78. The Morgan fingerprint density at radius 3 is 2.44 bits per heavy atom. The maximum absolute atomic E-state index is 3.37. The third-order valence-electron chi connectivity index (χ3n) is 4.28. The molecule has 1 N–H and O–H groups in total. The van der Waals surface area contributed by atoms with E-state index < -0.39 is 0 Å². The molecule has 0 amide bonds. The molecule has 1 atom stereocenters. The zero-order valence-corrected chi connectivity index (χ0v) is 11.9. The van der Waals surface area contributed by atoms with E-state index in [9.17, 15) is 0 Å². The summed E-state index contributed by atoms with van der Waals surface area (Å²) in [5.41, 5.74) is 2.86. The van der Waals surface area contributed by atoms with Crippen LogP contribution in [0.4, 0.5) is 0 Å². The Labute approximate surface area is 112 Å². The first kappa shape index (κ1) is 13.6. The van der Waals surface area contributed by atoms with Gasteiger partial charge in [-0.1, -0.05) is 55.5 Å². The highest BCUT2D eigenvalue weighted by Crippen LogP contribution is 2.31. The van der Waals surface area contributed by atoms with Crippen molar-refractivity contribution in [3.05, 3.63) is 35.4 Å². The second kappa shape index (κ2) is 6.94. The van der Waals surface area contributed by atoms with E-state index in [1.807, 2.05) is 0 Å². The lowest BCUT2D eigenvalue weighted by Crippen LogP contribution is -2.22. The first-order valence-corrected chi connectivity index (χ1v) is 7.48. The fraction of sp³-hybridized carbons (Fsp3) is 0.647. The van der Waals surface area contributed by atoms with Crippen molar-refractivity contribution in [1.82, 2.24) is 5.32 Å². The molecule has 0 radical (unpaired) electrons. The lowest BCUT2D eigenvalue weighted by molar-refractivity contribution is 0.364. The van der Waals surface area contributed by atoms with Gasteiger partial charge in [-0.3, -0.25) is 0 Å². The van der Waals surface area contributed by atoms with Crippen LogP contribution in [0.1, 0.15) is 43.2 Å². The van der Waals surface area contributed by atoms with Crippen molar-refractivity contribution in [3.8, 4) is 0 Å². The van der Waals surface area contributed by atoms with Gasteiger partial charge >= 0.3 is 0 Å². The SMILES string of the molecule is CNCC(Cc1ccc(C)cc1)CC1CCCC1. The minimum Gasteiger partial charge on any atom is -0.319 e. The van der Waals surface area contributed by atoms with Crippen LogP contribution in [0, 0.1) is 18.8 Å². The second-order valence-electron chi connectivity index (χ2n) is 6.00. The summed E-state index contributed by atoms with van der Waals surface area (Å²) in [6, 6.07) is 9.07. The van der Waals surface area contributed by atoms with Crippen molar-refractivity contribution < 1.29 is 0 Å². The fourth-order valence-electron chi connectivity index (χ4n) is 3.30. The van der Waals surface area contributed by atoms with E-state index in [0.29, 0.717) is 0 Å². The number of aryl methyl sites for hydroxylation is 1. The van der Waals surface area contributed by atoms with Gasteiger partial charge in [-0.2, -0.15) is 0 Å². The zero-order valence-electron chi connectivity index (χ0n) is 11.9. The van der Waals surface area contributed by atoms with Crippen LogP contribution in [0.15, 0.2) is 24.3 Å². The van der Waals surface area contributed by atoms with Gasteiger partial charge in [0.05, 0.1) is 0 Å². The Morgan fingerprint density at radius 1 is 1.17 bits per heavy atom. The number of benzene rings is 1. The van der Waals surface area contributed by atoms with Crippen molar-refractivity contribution in [1.29, 1.82) is 0 Å². The largest absolute Gasteiger partial charge is 0.319 e. The van der Waals surface area contributed by atoms with Gasteiger partial charge in [0.15, 0.2) is 0 Å². The molecule has 0 spiro atoms. The van der Waals surface area contributed by atoms with Gasteiger partial charge in [0, 0.05) is 0 Å². The van der Waals surface area contributed by atoms with Crippen molar-refractivity contribution in [3.63, 3.8) is 0 Å². The normalized spacial score (nSPS) is 18.1. The number of hydrogen-bond acceptors (Lipinski definition) is 1. The molecule has 0 heterocycles. The smallest absolute Gasteiger partial charge is 0.00202 e. The van der Waals surface area contributed by atoms with Crippen LogP contribution in [-0.2, 0) is 6.42 Å². The molecule has 1 fully saturated rings. The third kappa shape index (κ3) is 4.13. The van der Waals surface area contributed by atoms with E-state index >= 15 is 0 Å². The maximum Gasteiger partial charge on any atom is -0.00202 e. The molecule has 18 heavy (non-hydrogen) atoms. The summed E-state index contributed by atoms with van der Waals surface area (Å²) in [5, 5.41) is 3.37. The quantitative estimate of drug-likeness (QED) is 0.800. The summed E-state index contributed by atoms with van der Waals surface area (Å²) in [7, 11) is 2.08. The van der Waals surface area contributed by atoms with Crippen LogP contribution in [0.25, 0.3) is 0 Å². The molecule has 0 bridgehead atoms. The molecule has 1 aliphatic rings. The van der Waals surface area contributed by atoms with E-state index in [2.05, 4.69) is 43.6 Å². The van der Waals surface area contributed by atoms with Gasteiger partial charge in [0.2, 0.25) is 0 Å². The van der Waals surface area contributed by atoms with Crippen LogP contribution in [0.2, 0.25) is 0 Å². The van der Waals surface area contributed by atoms with Crippen LogP contribution in [0.3, 0.4) is 0 Å². The second-order valence-corrected chi connectivity index (χ2v) is 6.00. The molecule has 0 saturated heterocycles. The highest BCUT2D eigenvalue weighted by atomic mass is 14.8. The molecule has 0 aromatic heterocycles. The Hall–Kier alpha value is -0.820. The summed E-state index contributed by atoms with van der Waals surface area (Å²) >= 11 is 0. The highest BCUT2D eigenvalue weighted by Gasteiger charge is 2.20. The van der Waals surface area contributed by atoms with Gasteiger partial charge in [0.1, 0.15) is 0 Å². The average molecular weight is 245 g/mol. The third-order valence-corrected chi connectivity index (χ3v) is 4.28. The van der Waals surface area contributed by atoms with Gasteiger partial charge in [-0.05, 0) is 50.8 Å². The topological polar surface area (TPSA) is 12.0 Å². The van der Waals surface area contributed by atoms with E-state index in [4.69, 9.17) is 0 Å². The molecular formula is C17H27N. The van der Waals surface area contributed by atoms with Crippen molar-refractivity contribution in [2.24, 2.45) is 11.8 Å². The van der Waals surface area contributed by atoms with E-state index in [1.54, 1.807) is 0 Å². The minimum atomic E-state index is 0.806. The summed E-state index contributed by atoms with van der Waals surface area (Å²) in [6.07, 6.45) is 8.50. The molecule has 1 nitrogen and oxygen atoms in total. The summed E-state index contributed by atoms with van der Waals surface area (Å²) < 4.78 is 0. The molecule has 1 aromatic carbocycles. The Balaban J connectivity index is 1.90. The number of nitrogens with one attached hydrogen (secondary N) is 1. The van der Waals surface area contributed by atoms with E-state index in [0.717, 1.165) is 18.4 Å². The van der Waals surface area contributed by atoms with Gasteiger partial charge in [0.25, 0.3) is 0 Å². The number of hydrogen-bond donors (Lipinski definition) is 1. The fourth-order valence-corrected chi connectivity index (χ4v) is 3.30. The molecule has 0 aliphatic heterocycles. The molecule has 100 valence electrons. The molecule has 2 rings (SSSR count). The maximum atomic E-state index is 3.37. The van der Waals surface area contributed by atoms with Crippen LogP contribution in [-0.4, -0.2) is 13.6 Å². The van der Waals surface area contributed by atoms with Gasteiger partial charge in [-0.15, -0.1) is 0 Å². The standard InChI is InChI=1S/C17H27N/c1-14-7-9-16(10-8-14)12-17(13-18-2)11-15-5-3-4-6-15/h7-10,15,17-18H,3-6,11-13H2,1-2H3. The summed E-state index contributed by atoms with van der Waals surface area (Å²) in [5.74, 6) is 1.80. The average Bonchev–Trinajstić information content (AvgIpc) is 2.85. The van der Waals surface area contributed by atoms with E-state index in [1.165, 1.54) is 49.7 Å². The molecule has 1 aliphatic carbocycles. The predicted octanol–water partition coefficient (Wildman–Crippen LogP) is 3.95. The Kier molecular flexibility index (Phi) is 5.25. The molecule has 1 aromatic rings. The van der Waals surface area contributed by atoms with Crippen LogP contribution >= 0.6 is 0 Å². The van der Waals surface area contributed by atoms with E-state index in [-0.39, 0.29) is 0 Å². The lowest BCUT2D eigenvalue weighted by atomic mass is 9.88. The van der Waals surface area contributed by atoms with Gasteiger partial charge < -0.3 is 5.32 Å². The van der Waals surface area contributed by atoms with Crippen LogP contribution < -0.4 is 5.32 Å². The first-order valence-electron chi connectivity index (χ1n) is 7.48. The monoisotopic (exact) mass is 245 g/mol. The van der Waals surface area contributed by atoms with Crippen molar-refractivity contribution in [2.45, 2.75) is 45.4 Å². The van der Waals surface area contributed by atoms with Gasteiger partial charge in [-0.25, -0.2) is 0 Å². The molecular weight excluding hydrogens is 218 g/mol. The lowest BCUT2D eigenvalue weighted by Gasteiger charge is -2.20. The summed E-state index contributed by atoms with van der Waals surface area (Å²) in [6.45, 7) is 3.32. The number of rotatable bonds is 6. The molecule has 1 saturated carbocycles.